The van der Waals surface area contributed by atoms with Crippen LogP contribution in [0.3, 0.4) is 0 Å². The molecule has 1 atom stereocenters. The number of nitrogens with one attached hydrogen (secondary N) is 2. The van der Waals surface area contributed by atoms with Gasteiger partial charge >= 0.3 is 0 Å². The maximum atomic E-state index is 4.40. The molecule has 1 unspecified atom stereocenters. The van der Waals surface area contributed by atoms with Crippen LogP contribution in [-0.2, 0) is 12.8 Å². The summed E-state index contributed by atoms with van der Waals surface area (Å²) in [6, 6.07) is 10.8. The zero-order chi connectivity index (χ0) is 15.1. The quantitative estimate of drug-likeness (QED) is 0.546. The Hall–Kier alpha value is -2.07. The molecule has 4 aromatic heterocycles. The van der Waals surface area contributed by atoms with E-state index in [-0.39, 0.29) is 0 Å². The number of nitrogens with zero attached hydrogens (tertiary/aromatic N) is 1. The average molecular weight is 309 g/mol. The summed E-state index contributed by atoms with van der Waals surface area (Å²) in [7, 11) is 0. The SMILES string of the molecule is CCc1cc2cc(CC(C)c3cc4ncccc4[nH]3)sc2[nH]1. The highest BCUT2D eigenvalue weighted by Crippen LogP contribution is 2.30. The van der Waals surface area contributed by atoms with Crippen LogP contribution < -0.4 is 0 Å². The Morgan fingerprint density at radius 1 is 1.23 bits per heavy atom. The number of hydrogen-bond donors (Lipinski definition) is 2. The number of aryl methyl sites for hydroxylation is 1. The summed E-state index contributed by atoms with van der Waals surface area (Å²) in [5.41, 5.74) is 4.76. The number of aromatic amines is 2. The van der Waals surface area contributed by atoms with E-state index in [0.29, 0.717) is 5.92 Å². The Labute approximate surface area is 133 Å². The van der Waals surface area contributed by atoms with E-state index in [1.54, 1.807) is 0 Å². The van der Waals surface area contributed by atoms with Crippen molar-refractivity contribution in [3.05, 3.63) is 52.8 Å². The molecular weight excluding hydrogens is 290 g/mol. The van der Waals surface area contributed by atoms with Crippen LogP contribution in [0.15, 0.2) is 36.5 Å². The first-order chi connectivity index (χ1) is 10.7. The fourth-order valence-corrected chi connectivity index (χ4v) is 4.18. The van der Waals surface area contributed by atoms with Gasteiger partial charge in [-0.05, 0) is 43.2 Å². The fourth-order valence-electron chi connectivity index (χ4n) is 2.98. The zero-order valence-electron chi connectivity index (χ0n) is 12.8. The zero-order valence-corrected chi connectivity index (χ0v) is 13.6. The minimum atomic E-state index is 0.461. The first kappa shape index (κ1) is 13.6. The van der Waals surface area contributed by atoms with Crippen molar-refractivity contribution in [1.29, 1.82) is 0 Å². The Bertz CT molecular complexity index is 864. The van der Waals surface area contributed by atoms with Crippen LogP contribution in [0.25, 0.3) is 21.3 Å². The highest BCUT2D eigenvalue weighted by molar-refractivity contribution is 7.18. The summed E-state index contributed by atoms with van der Waals surface area (Å²) in [4.78, 5) is 14.1. The number of thiophene rings is 1. The van der Waals surface area contributed by atoms with Crippen LogP contribution in [0.4, 0.5) is 0 Å². The molecule has 0 bridgehead atoms. The van der Waals surface area contributed by atoms with Crippen LogP contribution in [0.2, 0.25) is 0 Å². The topological polar surface area (TPSA) is 44.5 Å². The van der Waals surface area contributed by atoms with Gasteiger partial charge in [0.25, 0.3) is 0 Å². The lowest BCUT2D eigenvalue weighted by molar-refractivity contribution is 0.748. The number of hydrogen-bond acceptors (Lipinski definition) is 2. The maximum Gasteiger partial charge on any atom is 0.100 e. The summed E-state index contributed by atoms with van der Waals surface area (Å²) >= 11 is 1.88. The molecule has 4 aromatic rings. The molecular formula is C18H19N3S. The molecule has 0 aromatic carbocycles. The van der Waals surface area contributed by atoms with Crippen molar-refractivity contribution >= 4 is 32.6 Å². The van der Waals surface area contributed by atoms with Crippen LogP contribution in [0.5, 0.6) is 0 Å². The Balaban J connectivity index is 1.58. The van der Waals surface area contributed by atoms with Crippen LogP contribution in [0, 0.1) is 0 Å². The minimum Gasteiger partial charge on any atom is -0.357 e. The molecule has 0 saturated heterocycles. The molecule has 3 nitrogen and oxygen atoms in total. The van der Waals surface area contributed by atoms with Gasteiger partial charge in [-0.15, -0.1) is 11.3 Å². The largest absolute Gasteiger partial charge is 0.357 e. The molecule has 4 heteroatoms. The number of H-pyrrole nitrogens is 2. The molecule has 112 valence electrons. The van der Waals surface area contributed by atoms with Crippen molar-refractivity contribution in [3.63, 3.8) is 0 Å². The standard InChI is InChI=1S/C18H19N3S/c1-3-13-8-12-9-14(22-18(12)20-13)7-11(2)16-10-17-15(21-16)5-4-6-19-17/h4-6,8-11,20-21H,3,7H2,1-2H3. The second-order valence-electron chi connectivity index (χ2n) is 5.91. The van der Waals surface area contributed by atoms with Crippen molar-refractivity contribution in [2.24, 2.45) is 0 Å². The first-order valence-corrected chi connectivity index (χ1v) is 8.58. The van der Waals surface area contributed by atoms with E-state index in [9.17, 15) is 0 Å². The van der Waals surface area contributed by atoms with Crippen molar-refractivity contribution in [1.82, 2.24) is 15.0 Å². The van der Waals surface area contributed by atoms with E-state index in [2.05, 4.69) is 53.1 Å². The van der Waals surface area contributed by atoms with Crippen molar-refractivity contribution < 1.29 is 0 Å². The second-order valence-corrected chi connectivity index (χ2v) is 7.05. The fraction of sp³-hybridized carbons (Fsp3) is 0.278. The predicted molar refractivity (Wildman–Crippen MR) is 93.8 cm³/mol. The smallest absolute Gasteiger partial charge is 0.100 e. The van der Waals surface area contributed by atoms with Gasteiger partial charge in [0.15, 0.2) is 0 Å². The molecule has 22 heavy (non-hydrogen) atoms. The van der Waals surface area contributed by atoms with Gasteiger partial charge in [-0.2, -0.15) is 0 Å². The molecule has 0 aliphatic heterocycles. The minimum absolute atomic E-state index is 0.461. The molecule has 0 fully saturated rings. The number of aromatic nitrogens is 3. The molecule has 0 spiro atoms. The average Bonchev–Trinajstić information content (AvgIpc) is 3.18. The third-order valence-electron chi connectivity index (χ3n) is 4.24. The molecule has 4 rings (SSSR count). The monoisotopic (exact) mass is 309 g/mol. The van der Waals surface area contributed by atoms with Crippen LogP contribution in [-0.4, -0.2) is 15.0 Å². The molecule has 0 radical (unpaired) electrons. The summed E-state index contributed by atoms with van der Waals surface area (Å²) in [5.74, 6) is 0.461. The third-order valence-corrected chi connectivity index (χ3v) is 5.33. The predicted octanol–water partition coefficient (Wildman–Crippen LogP) is 5.01. The van der Waals surface area contributed by atoms with Crippen molar-refractivity contribution in [2.75, 3.05) is 0 Å². The van der Waals surface area contributed by atoms with E-state index >= 15 is 0 Å². The summed E-state index contributed by atoms with van der Waals surface area (Å²) in [5, 5.41) is 1.35. The first-order valence-electron chi connectivity index (χ1n) is 7.77. The van der Waals surface area contributed by atoms with Crippen LogP contribution >= 0.6 is 11.3 Å². The molecule has 0 aliphatic carbocycles. The normalized spacial score (nSPS) is 13.2. The van der Waals surface area contributed by atoms with Gasteiger partial charge in [0.05, 0.1) is 11.0 Å². The molecule has 0 saturated carbocycles. The Kier molecular flexibility index (Phi) is 3.26. The van der Waals surface area contributed by atoms with Crippen molar-refractivity contribution in [2.45, 2.75) is 32.6 Å². The van der Waals surface area contributed by atoms with Gasteiger partial charge in [-0.25, -0.2) is 0 Å². The maximum absolute atomic E-state index is 4.40. The second kappa shape index (κ2) is 5.29. The summed E-state index contributed by atoms with van der Waals surface area (Å²) in [6.45, 7) is 4.46. The van der Waals surface area contributed by atoms with E-state index in [4.69, 9.17) is 0 Å². The lowest BCUT2D eigenvalue weighted by atomic mass is 10.0. The van der Waals surface area contributed by atoms with E-state index in [1.807, 2.05) is 23.6 Å². The van der Waals surface area contributed by atoms with Gasteiger partial charge in [0.2, 0.25) is 0 Å². The number of pyridine rings is 1. The molecule has 2 N–H and O–H groups in total. The molecule has 0 aliphatic rings. The van der Waals surface area contributed by atoms with Gasteiger partial charge in [0, 0.05) is 33.8 Å². The highest BCUT2D eigenvalue weighted by Gasteiger charge is 2.13. The molecule has 4 heterocycles. The van der Waals surface area contributed by atoms with Crippen LogP contribution in [0.1, 0.15) is 36.0 Å². The highest BCUT2D eigenvalue weighted by atomic mass is 32.1. The summed E-state index contributed by atoms with van der Waals surface area (Å²) in [6.07, 6.45) is 3.97. The number of fused-ring (bicyclic) bond motifs is 2. The Morgan fingerprint density at radius 3 is 2.91 bits per heavy atom. The Morgan fingerprint density at radius 2 is 2.14 bits per heavy atom. The lowest BCUT2D eigenvalue weighted by Gasteiger charge is -2.07. The van der Waals surface area contributed by atoms with Gasteiger partial charge in [0.1, 0.15) is 4.83 Å². The molecule has 0 amide bonds. The van der Waals surface area contributed by atoms with Gasteiger partial charge in [-0.3, -0.25) is 4.98 Å². The van der Waals surface area contributed by atoms with Crippen molar-refractivity contribution in [3.8, 4) is 0 Å². The third kappa shape index (κ3) is 2.33. The lowest BCUT2D eigenvalue weighted by Crippen LogP contribution is -1.96. The van der Waals surface area contributed by atoms with Gasteiger partial charge < -0.3 is 9.97 Å². The van der Waals surface area contributed by atoms with E-state index in [1.165, 1.54) is 26.5 Å². The van der Waals surface area contributed by atoms with Gasteiger partial charge in [-0.1, -0.05) is 13.8 Å². The van der Waals surface area contributed by atoms with E-state index < -0.39 is 0 Å². The van der Waals surface area contributed by atoms with E-state index in [0.717, 1.165) is 23.9 Å². The number of rotatable bonds is 4. The summed E-state index contributed by atoms with van der Waals surface area (Å²) < 4.78 is 0.